The predicted octanol–water partition coefficient (Wildman–Crippen LogP) is 2.40. The molecule has 0 aliphatic rings. The molecule has 0 radical (unpaired) electrons. The Labute approximate surface area is 102 Å². The highest BCUT2D eigenvalue weighted by Crippen LogP contribution is 2.22. The van der Waals surface area contributed by atoms with Gasteiger partial charge >= 0.3 is 0 Å². The van der Waals surface area contributed by atoms with Gasteiger partial charge in [0, 0.05) is 12.5 Å². The highest BCUT2D eigenvalue weighted by atomic mass is 14.9. The van der Waals surface area contributed by atoms with E-state index in [2.05, 4.69) is 29.0 Å². The Morgan fingerprint density at radius 1 is 1.18 bits per heavy atom. The first-order chi connectivity index (χ1) is 8.20. The lowest BCUT2D eigenvalue weighted by atomic mass is 9.97. The minimum absolute atomic E-state index is 0.267. The van der Waals surface area contributed by atoms with Crippen LogP contribution in [0, 0.1) is 6.92 Å². The van der Waals surface area contributed by atoms with Gasteiger partial charge < -0.3 is 5.73 Å². The lowest BCUT2D eigenvalue weighted by Gasteiger charge is -2.12. The maximum atomic E-state index is 5.64. The van der Waals surface area contributed by atoms with Gasteiger partial charge in [0.25, 0.3) is 0 Å². The van der Waals surface area contributed by atoms with Crippen molar-refractivity contribution in [2.45, 2.75) is 26.3 Å². The first-order valence-electron chi connectivity index (χ1n) is 5.80. The van der Waals surface area contributed by atoms with Crippen LogP contribution in [0.1, 0.15) is 35.6 Å². The summed E-state index contributed by atoms with van der Waals surface area (Å²) < 4.78 is 0. The zero-order valence-electron chi connectivity index (χ0n) is 10.2. The minimum atomic E-state index is 0.267. The molecule has 0 saturated carbocycles. The fourth-order valence-electron chi connectivity index (χ4n) is 1.89. The molecule has 2 N–H and O–H groups in total. The molecule has 0 aliphatic heterocycles. The Kier molecular flexibility index (Phi) is 3.49. The van der Waals surface area contributed by atoms with E-state index >= 15 is 0 Å². The van der Waals surface area contributed by atoms with Gasteiger partial charge in [0.1, 0.15) is 5.82 Å². The summed E-state index contributed by atoms with van der Waals surface area (Å²) in [6.45, 7) is 4.51. The van der Waals surface area contributed by atoms with E-state index in [9.17, 15) is 0 Å². The van der Waals surface area contributed by atoms with E-state index in [1.54, 1.807) is 0 Å². The Morgan fingerprint density at radius 2 is 1.88 bits per heavy atom. The molecule has 0 spiro atoms. The maximum Gasteiger partial charge on any atom is 0.125 e. The number of nitrogens with two attached hydrogens (primary N) is 1. The summed E-state index contributed by atoms with van der Waals surface area (Å²) in [5.41, 5.74) is 8.82. The van der Waals surface area contributed by atoms with Crippen molar-refractivity contribution in [3.63, 3.8) is 0 Å². The second kappa shape index (κ2) is 5.06. The third-order valence-electron chi connectivity index (χ3n) is 2.86. The Morgan fingerprint density at radius 3 is 2.53 bits per heavy atom. The van der Waals surface area contributed by atoms with Crippen molar-refractivity contribution in [2.75, 3.05) is 0 Å². The molecular weight excluding hydrogens is 210 g/mol. The van der Waals surface area contributed by atoms with Crippen LogP contribution in [0.5, 0.6) is 0 Å². The molecule has 0 unspecified atom stereocenters. The molecule has 0 saturated heterocycles. The average Bonchev–Trinajstić information content (AvgIpc) is 2.38. The Hall–Kier alpha value is -1.74. The van der Waals surface area contributed by atoms with Gasteiger partial charge in [-0.1, -0.05) is 37.3 Å². The Bertz CT molecular complexity index is 494. The van der Waals surface area contributed by atoms with Crippen molar-refractivity contribution in [3.05, 3.63) is 59.2 Å². The molecule has 17 heavy (non-hydrogen) atoms. The number of aromatic nitrogens is 2. The van der Waals surface area contributed by atoms with Crippen molar-refractivity contribution < 1.29 is 0 Å². The number of aryl methyl sites for hydroxylation is 1. The van der Waals surface area contributed by atoms with Gasteiger partial charge in [-0.15, -0.1) is 0 Å². The van der Waals surface area contributed by atoms with Crippen molar-refractivity contribution in [2.24, 2.45) is 5.73 Å². The zero-order chi connectivity index (χ0) is 12.3. The van der Waals surface area contributed by atoms with Gasteiger partial charge in [-0.2, -0.15) is 0 Å². The van der Waals surface area contributed by atoms with E-state index in [1.807, 2.05) is 31.2 Å². The number of rotatable bonds is 3. The number of hydrogen-bond acceptors (Lipinski definition) is 3. The summed E-state index contributed by atoms with van der Waals surface area (Å²) in [7, 11) is 0. The zero-order valence-corrected chi connectivity index (χ0v) is 10.2. The quantitative estimate of drug-likeness (QED) is 0.876. The second-order valence-electron chi connectivity index (χ2n) is 4.17. The SMILES string of the molecule is Cc1nc(CN)cc([C@@H](C)c2ccccc2)n1. The monoisotopic (exact) mass is 227 g/mol. The first kappa shape index (κ1) is 11.7. The van der Waals surface area contributed by atoms with Crippen molar-refractivity contribution in [3.8, 4) is 0 Å². The highest BCUT2D eigenvalue weighted by molar-refractivity contribution is 5.28. The van der Waals surface area contributed by atoms with E-state index in [1.165, 1.54) is 5.56 Å². The summed E-state index contributed by atoms with van der Waals surface area (Å²) in [5, 5.41) is 0. The van der Waals surface area contributed by atoms with Crippen LogP contribution in [-0.2, 0) is 6.54 Å². The minimum Gasteiger partial charge on any atom is -0.325 e. The molecule has 0 amide bonds. The van der Waals surface area contributed by atoms with E-state index in [-0.39, 0.29) is 5.92 Å². The van der Waals surface area contributed by atoms with Crippen LogP contribution >= 0.6 is 0 Å². The largest absolute Gasteiger partial charge is 0.325 e. The van der Waals surface area contributed by atoms with E-state index in [0.717, 1.165) is 17.2 Å². The Balaban J connectivity index is 2.37. The van der Waals surface area contributed by atoms with Gasteiger partial charge in [0.2, 0.25) is 0 Å². The fraction of sp³-hybridized carbons (Fsp3) is 0.286. The van der Waals surface area contributed by atoms with Crippen molar-refractivity contribution in [1.29, 1.82) is 0 Å². The number of nitrogens with zero attached hydrogens (tertiary/aromatic N) is 2. The molecule has 1 heterocycles. The van der Waals surface area contributed by atoms with Gasteiger partial charge in [0.05, 0.1) is 11.4 Å². The van der Waals surface area contributed by atoms with Crippen LogP contribution in [0.15, 0.2) is 36.4 Å². The number of hydrogen-bond donors (Lipinski definition) is 1. The van der Waals surface area contributed by atoms with E-state index in [0.29, 0.717) is 6.54 Å². The molecular formula is C14H17N3. The molecule has 1 atom stereocenters. The van der Waals surface area contributed by atoms with E-state index < -0.39 is 0 Å². The van der Waals surface area contributed by atoms with Crippen LogP contribution < -0.4 is 5.73 Å². The summed E-state index contributed by atoms with van der Waals surface area (Å²) in [6.07, 6.45) is 0. The summed E-state index contributed by atoms with van der Waals surface area (Å²) in [5.74, 6) is 1.05. The lowest BCUT2D eigenvalue weighted by molar-refractivity contribution is 0.817. The molecule has 3 nitrogen and oxygen atoms in total. The normalized spacial score (nSPS) is 12.4. The van der Waals surface area contributed by atoms with Crippen LogP contribution in [0.25, 0.3) is 0 Å². The molecule has 2 aromatic rings. The standard InChI is InChI=1S/C14H17N3/c1-10(12-6-4-3-5-7-12)14-8-13(9-15)16-11(2)17-14/h3-8,10H,9,15H2,1-2H3/t10-/m0/s1. The van der Waals surface area contributed by atoms with Gasteiger partial charge in [0.15, 0.2) is 0 Å². The molecule has 1 aromatic heterocycles. The highest BCUT2D eigenvalue weighted by Gasteiger charge is 2.11. The molecule has 2 rings (SSSR count). The third kappa shape index (κ3) is 2.68. The van der Waals surface area contributed by atoms with Crippen molar-refractivity contribution >= 4 is 0 Å². The van der Waals surface area contributed by atoms with Crippen molar-refractivity contribution in [1.82, 2.24) is 9.97 Å². The van der Waals surface area contributed by atoms with Gasteiger partial charge in [-0.3, -0.25) is 0 Å². The topological polar surface area (TPSA) is 51.8 Å². The predicted molar refractivity (Wildman–Crippen MR) is 68.6 cm³/mol. The third-order valence-corrected chi connectivity index (χ3v) is 2.86. The van der Waals surface area contributed by atoms with Crippen LogP contribution in [0.4, 0.5) is 0 Å². The molecule has 88 valence electrons. The average molecular weight is 227 g/mol. The maximum absolute atomic E-state index is 5.64. The van der Waals surface area contributed by atoms with Crippen LogP contribution in [0.2, 0.25) is 0 Å². The fourth-order valence-corrected chi connectivity index (χ4v) is 1.89. The van der Waals surface area contributed by atoms with E-state index in [4.69, 9.17) is 5.73 Å². The molecule has 0 aliphatic carbocycles. The van der Waals surface area contributed by atoms with Gasteiger partial charge in [-0.25, -0.2) is 9.97 Å². The number of benzene rings is 1. The molecule has 0 fully saturated rings. The lowest BCUT2D eigenvalue weighted by Crippen LogP contribution is -2.07. The molecule has 0 bridgehead atoms. The van der Waals surface area contributed by atoms with Gasteiger partial charge in [-0.05, 0) is 18.6 Å². The summed E-state index contributed by atoms with van der Waals surface area (Å²) in [4.78, 5) is 8.78. The van der Waals surface area contributed by atoms with Crippen LogP contribution in [0.3, 0.4) is 0 Å². The smallest absolute Gasteiger partial charge is 0.125 e. The molecule has 3 heteroatoms. The summed E-state index contributed by atoms with van der Waals surface area (Å²) in [6, 6.07) is 12.3. The first-order valence-corrected chi connectivity index (χ1v) is 5.80. The summed E-state index contributed by atoms with van der Waals surface area (Å²) >= 11 is 0. The van der Waals surface area contributed by atoms with Crippen LogP contribution in [-0.4, -0.2) is 9.97 Å². The molecule has 1 aromatic carbocycles. The second-order valence-corrected chi connectivity index (χ2v) is 4.17.